The van der Waals surface area contributed by atoms with E-state index in [-0.39, 0.29) is 17.9 Å². The minimum atomic E-state index is -0.379. The van der Waals surface area contributed by atoms with Crippen LogP contribution < -0.4 is 5.32 Å². The summed E-state index contributed by atoms with van der Waals surface area (Å²) in [6.07, 6.45) is 11.9. The van der Waals surface area contributed by atoms with E-state index in [1.807, 2.05) is 18.5 Å². The lowest BCUT2D eigenvalue weighted by Gasteiger charge is -2.41. The van der Waals surface area contributed by atoms with E-state index in [1.165, 1.54) is 50.3 Å². The summed E-state index contributed by atoms with van der Waals surface area (Å²) >= 11 is 13.4. The molecule has 2 aliphatic carbocycles. The second-order valence-corrected chi connectivity index (χ2v) is 11.7. The fourth-order valence-corrected chi connectivity index (χ4v) is 6.52. The number of amides is 2. The van der Waals surface area contributed by atoms with Crippen molar-refractivity contribution in [1.29, 1.82) is 0 Å². The van der Waals surface area contributed by atoms with Gasteiger partial charge in [-0.3, -0.25) is 9.59 Å². The van der Waals surface area contributed by atoms with Crippen LogP contribution in [0.15, 0.2) is 23.4 Å². The van der Waals surface area contributed by atoms with E-state index >= 15 is 0 Å². The Morgan fingerprint density at radius 3 is 2.22 bits per heavy atom. The van der Waals surface area contributed by atoms with Crippen molar-refractivity contribution in [3.63, 3.8) is 0 Å². The largest absolute Gasteiger partial charge is 0.342 e. The number of hydrogen-bond donors (Lipinski definition) is 1. The molecule has 1 aromatic carbocycles. The standard InChI is InChI=1S/C26H35Cl2N5O2S/c1-17(29-25(35)18-13-14-21(27)22(28)15-18)24-30-31-26(32(24)2)36-16-23(34)33(19-9-5-3-6-10-19)20-11-7-4-8-12-20/h13-15,17,19-20H,3-12,16H2,1-2H3,(H,29,35)/t17-/m1/s1. The van der Waals surface area contributed by atoms with Crippen molar-refractivity contribution >= 4 is 46.8 Å². The van der Waals surface area contributed by atoms with Crippen LogP contribution in [0, 0.1) is 0 Å². The highest BCUT2D eigenvalue weighted by Gasteiger charge is 2.32. The van der Waals surface area contributed by atoms with Gasteiger partial charge in [-0.1, -0.05) is 73.5 Å². The van der Waals surface area contributed by atoms with Crippen LogP contribution >= 0.6 is 35.0 Å². The molecule has 2 aromatic rings. The summed E-state index contributed by atoms with van der Waals surface area (Å²) in [5, 5.41) is 12.9. The molecule has 1 N–H and O–H groups in total. The van der Waals surface area contributed by atoms with Gasteiger partial charge in [-0.25, -0.2) is 0 Å². The number of rotatable bonds is 8. The van der Waals surface area contributed by atoms with Gasteiger partial charge in [-0.05, 0) is 50.8 Å². The molecule has 0 radical (unpaired) electrons. The summed E-state index contributed by atoms with van der Waals surface area (Å²) in [5.74, 6) is 0.909. The lowest BCUT2D eigenvalue weighted by molar-refractivity contribution is -0.135. The summed E-state index contributed by atoms with van der Waals surface area (Å²) in [7, 11) is 1.87. The van der Waals surface area contributed by atoms with E-state index in [9.17, 15) is 9.59 Å². The minimum Gasteiger partial charge on any atom is -0.342 e. The number of benzene rings is 1. The van der Waals surface area contributed by atoms with Gasteiger partial charge in [0.05, 0.1) is 21.8 Å². The van der Waals surface area contributed by atoms with Gasteiger partial charge >= 0.3 is 0 Å². The van der Waals surface area contributed by atoms with Crippen LogP contribution in [0.5, 0.6) is 0 Å². The molecule has 1 atom stereocenters. The Morgan fingerprint density at radius 2 is 1.64 bits per heavy atom. The Kier molecular flexibility index (Phi) is 9.58. The van der Waals surface area contributed by atoms with Crippen LogP contribution in [0.4, 0.5) is 0 Å². The average molecular weight is 553 g/mol. The number of thioether (sulfide) groups is 1. The number of nitrogens with zero attached hydrogens (tertiary/aromatic N) is 4. The summed E-state index contributed by atoms with van der Waals surface area (Å²) in [5.41, 5.74) is 0.420. The third-order valence-corrected chi connectivity index (χ3v) is 9.08. The second-order valence-electron chi connectivity index (χ2n) is 9.90. The monoisotopic (exact) mass is 551 g/mol. The highest BCUT2D eigenvalue weighted by atomic mass is 35.5. The first-order valence-electron chi connectivity index (χ1n) is 12.9. The molecule has 1 heterocycles. The molecular formula is C26H35Cl2N5O2S. The lowest BCUT2D eigenvalue weighted by atomic mass is 9.88. The third kappa shape index (κ3) is 6.56. The molecule has 2 saturated carbocycles. The topological polar surface area (TPSA) is 80.1 Å². The minimum absolute atomic E-state index is 0.212. The van der Waals surface area contributed by atoms with Crippen molar-refractivity contribution in [1.82, 2.24) is 25.0 Å². The quantitative estimate of drug-likeness (QED) is 0.395. The molecule has 36 heavy (non-hydrogen) atoms. The Hall–Kier alpha value is -1.77. The van der Waals surface area contributed by atoms with E-state index < -0.39 is 0 Å². The number of carbonyl (C=O) groups is 2. The van der Waals surface area contributed by atoms with Gasteiger partial charge in [0.25, 0.3) is 5.91 Å². The van der Waals surface area contributed by atoms with Crippen LogP contribution in [0.2, 0.25) is 10.0 Å². The molecule has 196 valence electrons. The average Bonchev–Trinajstić information content (AvgIpc) is 3.26. The van der Waals surface area contributed by atoms with Crippen LogP contribution in [0.1, 0.15) is 93.4 Å². The summed E-state index contributed by atoms with van der Waals surface area (Å²) in [4.78, 5) is 28.4. The first-order chi connectivity index (χ1) is 17.3. The summed E-state index contributed by atoms with van der Waals surface area (Å²) < 4.78 is 1.85. The molecular weight excluding hydrogens is 517 g/mol. The number of nitrogens with one attached hydrogen (secondary N) is 1. The molecule has 0 spiro atoms. The number of carbonyl (C=O) groups excluding carboxylic acids is 2. The van der Waals surface area contributed by atoms with Gasteiger partial charge < -0.3 is 14.8 Å². The smallest absolute Gasteiger partial charge is 0.251 e. The van der Waals surface area contributed by atoms with Crippen molar-refractivity contribution in [3.8, 4) is 0 Å². The molecule has 0 aliphatic heterocycles. The summed E-state index contributed by atoms with van der Waals surface area (Å²) in [6.45, 7) is 1.85. The SMILES string of the molecule is C[C@@H](NC(=O)c1ccc(Cl)c(Cl)c1)c1nnc(SCC(=O)N(C2CCCCC2)C2CCCCC2)n1C. The van der Waals surface area contributed by atoms with Gasteiger partial charge in [0.15, 0.2) is 11.0 Å². The van der Waals surface area contributed by atoms with E-state index in [2.05, 4.69) is 20.4 Å². The number of hydrogen-bond acceptors (Lipinski definition) is 5. The third-order valence-electron chi connectivity index (χ3n) is 7.33. The molecule has 0 saturated heterocycles. The number of aromatic nitrogens is 3. The normalized spacial score (nSPS) is 18.1. The summed E-state index contributed by atoms with van der Waals surface area (Å²) in [6, 6.07) is 5.14. The molecule has 1 aromatic heterocycles. The zero-order valence-electron chi connectivity index (χ0n) is 21.0. The van der Waals surface area contributed by atoms with Gasteiger partial charge in [-0.15, -0.1) is 10.2 Å². The van der Waals surface area contributed by atoms with Crippen LogP contribution in [-0.4, -0.2) is 49.3 Å². The molecule has 4 rings (SSSR count). The predicted octanol–water partition coefficient (Wildman–Crippen LogP) is 6.20. The predicted molar refractivity (Wildman–Crippen MR) is 145 cm³/mol. The van der Waals surface area contributed by atoms with Crippen molar-refractivity contribution in [2.24, 2.45) is 7.05 Å². The number of halogens is 2. The van der Waals surface area contributed by atoms with E-state index in [4.69, 9.17) is 23.2 Å². The highest BCUT2D eigenvalue weighted by Crippen LogP contribution is 2.31. The Morgan fingerprint density at radius 1 is 1.03 bits per heavy atom. The van der Waals surface area contributed by atoms with Crippen LogP contribution in [0.25, 0.3) is 0 Å². The maximum absolute atomic E-state index is 13.5. The van der Waals surface area contributed by atoms with Crippen molar-refractivity contribution in [2.45, 2.75) is 94.4 Å². The molecule has 2 aliphatic rings. The molecule has 10 heteroatoms. The van der Waals surface area contributed by atoms with E-state index in [1.54, 1.807) is 18.2 Å². The van der Waals surface area contributed by atoms with Crippen molar-refractivity contribution in [2.75, 3.05) is 5.75 Å². The van der Waals surface area contributed by atoms with Crippen LogP contribution in [-0.2, 0) is 11.8 Å². The molecule has 7 nitrogen and oxygen atoms in total. The fraction of sp³-hybridized carbons (Fsp3) is 0.615. The van der Waals surface area contributed by atoms with Gasteiger partial charge in [0, 0.05) is 24.7 Å². The Bertz CT molecular complexity index is 1050. The van der Waals surface area contributed by atoms with Gasteiger partial charge in [0.1, 0.15) is 0 Å². The zero-order chi connectivity index (χ0) is 25.7. The van der Waals surface area contributed by atoms with Crippen LogP contribution in [0.3, 0.4) is 0 Å². The lowest BCUT2D eigenvalue weighted by Crippen LogP contribution is -2.49. The van der Waals surface area contributed by atoms with Crippen molar-refractivity contribution < 1.29 is 9.59 Å². The van der Waals surface area contributed by atoms with Gasteiger partial charge in [-0.2, -0.15) is 0 Å². The van der Waals surface area contributed by atoms with Crippen molar-refractivity contribution in [3.05, 3.63) is 39.6 Å². The molecule has 2 amide bonds. The Labute approximate surface area is 227 Å². The highest BCUT2D eigenvalue weighted by molar-refractivity contribution is 7.99. The van der Waals surface area contributed by atoms with Gasteiger partial charge in [0.2, 0.25) is 5.91 Å². The molecule has 0 unspecified atom stereocenters. The molecule has 0 bridgehead atoms. The maximum atomic E-state index is 13.5. The fourth-order valence-electron chi connectivity index (χ4n) is 5.44. The first-order valence-corrected chi connectivity index (χ1v) is 14.7. The second kappa shape index (κ2) is 12.7. The first kappa shape index (κ1) is 27.3. The zero-order valence-corrected chi connectivity index (χ0v) is 23.3. The maximum Gasteiger partial charge on any atom is 0.251 e. The molecule has 2 fully saturated rings. The Balaban J connectivity index is 1.38. The van der Waals surface area contributed by atoms with E-state index in [0.717, 1.165) is 25.7 Å². The van der Waals surface area contributed by atoms with E-state index in [0.29, 0.717) is 44.4 Å².